The number of methoxy groups -OCH3 is 1. The average molecular weight is 365 g/mol. The molecule has 2 aromatic rings. The molecule has 1 aromatic heterocycles. The molecule has 0 radical (unpaired) electrons. The summed E-state index contributed by atoms with van der Waals surface area (Å²) < 4.78 is 32.0. The highest BCUT2D eigenvalue weighted by Gasteiger charge is 2.26. The molecule has 0 bridgehead atoms. The number of esters is 1. The molecule has 1 heterocycles. The lowest BCUT2D eigenvalue weighted by Gasteiger charge is -2.23. The van der Waals surface area contributed by atoms with Crippen LogP contribution in [0.4, 0.5) is 0 Å². The van der Waals surface area contributed by atoms with Crippen molar-refractivity contribution in [1.29, 1.82) is 0 Å². The second-order valence-corrected chi connectivity index (χ2v) is 7.81. The number of likely N-dealkylation sites (N-methyl/N-ethyl adjacent to an activating group) is 1. The SMILES string of the molecule is COC(=O)c1cc(S(=O)(=O)N(CCN(C)C)Cc2ccccc2)c[nH]1. The Hall–Kier alpha value is -2.16. The minimum Gasteiger partial charge on any atom is -0.464 e. The lowest BCUT2D eigenvalue weighted by Crippen LogP contribution is -2.36. The van der Waals surface area contributed by atoms with Gasteiger partial charge in [0.25, 0.3) is 0 Å². The molecular weight excluding hydrogens is 342 g/mol. The molecule has 0 saturated carbocycles. The van der Waals surface area contributed by atoms with E-state index in [1.54, 1.807) is 0 Å². The summed E-state index contributed by atoms with van der Waals surface area (Å²) in [7, 11) is 1.27. The highest BCUT2D eigenvalue weighted by atomic mass is 32.2. The zero-order chi connectivity index (χ0) is 18.4. The lowest BCUT2D eigenvalue weighted by molar-refractivity contribution is 0.0594. The summed E-state index contributed by atoms with van der Waals surface area (Å²) in [6, 6.07) is 10.7. The fourth-order valence-electron chi connectivity index (χ4n) is 2.28. The summed E-state index contributed by atoms with van der Waals surface area (Å²) in [5, 5.41) is 0. The Kier molecular flexibility index (Phi) is 6.35. The molecule has 0 saturated heterocycles. The zero-order valence-corrected chi connectivity index (χ0v) is 15.4. The van der Waals surface area contributed by atoms with E-state index in [-0.39, 0.29) is 17.1 Å². The van der Waals surface area contributed by atoms with E-state index in [0.717, 1.165) is 5.56 Å². The van der Waals surface area contributed by atoms with Crippen molar-refractivity contribution in [3.63, 3.8) is 0 Å². The number of aromatic nitrogens is 1. The van der Waals surface area contributed by atoms with E-state index < -0.39 is 16.0 Å². The standard InChI is InChI=1S/C17H23N3O4S/c1-19(2)9-10-20(13-14-7-5-4-6-8-14)25(22,23)15-11-16(18-12-15)17(21)24-3/h4-8,11-12,18H,9-10,13H2,1-3H3. The third-order valence-electron chi connectivity index (χ3n) is 3.70. The first-order valence-corrected chi connectivity index (χ1v) is 9.24. The molecule has 0 spiro atoms. The Morgan fingerprint density at radius 2 is 1.84 bits per heavy atom. The van der Waals surface area contributed by atoms with Gasteiger partial charge < -0.3 is 14.6 Å². The lowest BCUT2D eigenvalue weighted by atomic mass is 10.2. The summed E-state index contributed by atoms with van der Waals surface area (Å²) >= 11 is 0. The van der Waals surface area contributed by atoms with E-state index in [4.69, 9.17) is 0 Å². The van der Waals surface area contributed by atoms with E-state index in [2.05, 4.69) is 9.72 Å². The third kappa shape index (κ3) is 4.91. The number of H-pyrrole nitrogens is 1. The Balaban J connectivity index is 2.30. The fraction of sp³-hybridized carbons (Fsp3) is 0.353. The van der Waals surface area contributed by atoms with Crippen LogP contribution in [0.1, 0.15) is 16.1 Å². The molecule has 0 fully saturated rings. The molecule has 0 aliphatic carbocycles. The van der Waals surface area contributed by atoms with Crippen molar-refractivity contribution in [2.45, 2.75) is 11.4 Å². The Morgan fingerprint density at radius 3 is 2.44 bits per heavy atom. The van der Waals surface area contributed by atoms with Crippen LogP contribution in [0.5, 0.6) is 0 Å². The van der Waals surface area contributed by atoms with Crippen molar-refractivity contribution in [1.82, 2.24) is 14.2 Å². The van der Waals surface area contributed by atoms with Crippen LogP contribution in [0.3, 0.4) is 0 Å². The number of sulfonamides is 1. The topological polar surface area (TPSA) is 82.7 Å². The van der Waals surface area contributed by atoms with Crippen molar-refractivity contribution < 1.29 is 17.9 Å². The normalized spacial score (nSPS) is 11.9. The van der Waals surface area contributed by atoms with Crippen LogP contribution in [0.15, 0.2) is 47.5 Å². The monoisotopic (exact) mass is 365 g/mol. The summed E-state index contributed by atoms with van der Waals surface area (Å²) in [5.74, 6) is -0.607. The molecule has 0 aliphatic heterocycles. The van der Waals surface area contributed by atoms with Gasteiger partial charge in [-0.25, -0.2) is 13.2 Å². The van der Waals surface area contributed by atoms with Gasteiger partial charge in [0, 0.05) is 25.8 Å². The van der Waals surface area contributed by atoms with Crippen molar-refractivity contribution in [3.05, 3.63) is 53.9 Å². The first-order valence-electron chi connectivity index (χ1n) is 7.80. The molecule has 0 aliphatic rings. The smallest absolute Gasteiger partial charge is 0.354 e. The van der Waals surface area contributed by atoms with Gasteiger partial charge in [0.1, 0.15) is 10.6 Å². The van der Waals surface area contributed by atoms with Crippen LogP contribution >= 0.6 is 0 Å². The molecule has 25 heavy (non-hydrogen) atoms. The number of ether oxygens (including phenoxy) is 1. The minimum absolute atomic E-state index is 0.0441. The van der Waals surface area contributed by atoms with Gasteiger partial charge in [-0.15, -0.1) is 0 Å². The van der Waals surface area contributed by atoms with E-state index in [1.807, 2.05) is 49.3 Å². The highest BCUT2D eigenvalue weighted by Crippen LogP contribution is 2.19. The number of rotatable bonds is 8. The van der Waals surface area contributed by atoms with Gasteiger partial charge in [-0.1, -0.05) is 30.3 Å². The largest absolute Gasteiger partial charge is 0.464 e. The number of benzene rings is 1. The molecular formula is C17H23N3O4S. The number of nitrogens with zero attached hydrogens (tertiary/aromatic N) is 2. The van der Waals surface area contributed by atoms with Gasteiger partial charge in [-0.3, -0.25) is 0 Å². The average Bonchev–Trinajstić information content (AvgIpc) is 3.09. The highest BCUT2D eigenvalue weighted by molar-refractivity contribution is 7.89. The molecule has 2 rings (SSSR count). The maximum atomic E-state index is 13.0. The molecule has 136 valence electrons. The molecule has 0 amide bonds. The van der Waals surface area contributed by atoms with Crippen molar-refractivity contribution >= 4 is 16.0 Å². The second-order valence-electron chi connectivity index (χ2n) is 5.87. The van der Waals surface area contributed by atoms with Gasteiger partial charge in [-0.2, -0.15) is 4.31 Å². The van der Waals surface area contributed by atoms with Crippen LogP contribution in [0, 0.1) is 0 Å². The number of carbonyl (C=O) groups is 1. The van der Waals surface area contributed by atoms with Gasteiger partial charge in [0.15, 0.2) is 0 Å². The first kappa shape index (κ1) is 19.2. The van der Waals surface area contributed by atoms with Crippen LogP contribution in [0.25, 0.3) is 0 Å². The number of hydrogen-bond acceptors (Lipinski definition) is 5. The maximum absolute atomic E-state index is 13.0. The maximum Gasteiger partial charge on any atom is 0.354 e. The predicted octanol–water partition coefficient (Wildman–Crippen LogP) is 1.55. The summed E-state index contributed by atoms with van der Waals surface area (Å²) in [6.07, 6.45) is 1.31. The zero-order valence-electron chi connectivity index (χ0n) is 14.6. The fourth-order valence-corrected chi connectivity index (χ4v) is 3.70. The van der Waals surface area contributed by atoms with E-state index in [0.29, 0.717) is 13.1 Å². The van der Waals surface area contributed by atoms with E-state index in [9.17, 15) is 13.2 Å². The number of aromatic amines is 1. The molecule has 1 N–H and O–H groups in total. The number of nitrogens with one attached hydrogen (secondary N) is 1. The number of carbonyl (C=O) groups excluding carboxylic acids is 1. The van der Waals surface area contributed by atoms with Crippen molar-refractivity contribution in [3.8, 4) is 0 Å². The van der Waals surface area contributed by atoms with Gasteiger partial charge in [-0.05, 0) is 25.7 Å². The number of hydrogen-bond donors (Lipinski definition) is 1. The molecule has 8 heteroatoms. The van der Waals surface area contributed by atoms with Crippen LogP contribution in [-0.2, 0) is 21.3 Å². The molecule has 7 nitrogen and oxygen atoms in total. The van der Waals surface area contributed by atoms with E-state index in [1.165, 1.54) is 23.7 Å². The summed E-state index contributed by atoms with van der Waals surface area (Å²) in [5.41, 5.74) is 1.00. The van der Waals surface area contributed by atoms with Gasteiger partial charge in [0.2, 0.25) is 10.0 Å². The van der Waals surface area contributed by atoms with E-state index >= 15 is 0 Å². The Labute approximate surface area is 148 Å². The molecule has 0 unspecified atom stereocenters. The van der Waals surface area contributed by atoms with Crippen molar-refractivity contribution in [2.75, 3.05) is 34.3 Å². The summed E-state index contributed by atoms with van der Waals surface area (Å²) in [6.45, 7) is 1.18. The molecule has 1 aromatic carbocycles. The van der Waals surface area contributed by atoms with Crippen LogP contribution in [-0.4, -0.2) is 62.9 Å². The minimum atomic E-state index is -3.75. The van der Waals surface area contributed by atoms with Crippen molar-refractivity contribution in [2.24, 2.45) is 0 Å². The second kappa shape index (κ2) is 8.28. The first-order chi connectivity index (χ1) is 11.8. The summed E-state index contributed by atoms with van der Waals surface area (Å²) in [4.78, 5) is 16.2. The Bertz CT molecular complexity index is 800. The predicted molar refractivity (Wildman–Crippen MR) is 94.7 cm³/mol. The van der Waals surface area contributed by atoms with Crippen LogP contribution in [0.2, 0.25) is 0 Å². The van der Waals surface area contributed by atoms with Crippen LogP contribution < -0.4 is 0 Å². The Morgan fingerprint density at radius 1 is 1.16 bits per heavy atom. The van der Waals surface area contributed by atoms with Gasteiger partial charge >= 0.3 is 5.97 Å². The quantitative estimate of drug-likeness (QED) is 0.718. The third-order valence-corrected chi connectivity index (χ3v) is 5.52. The van der Waals surface area contributed by atoms with Gasteiger partial charge in [0.05, 0.1) is 7.11 Å². The molecule has 0 atom stereocenters.